The van der Waals surface area contributed by atoms with Crippen molar-refractivity contribution in [1.82, 2.24) is 14.5 Å². The molecule has 0 amide bonds. The highest BCUT2D eigenvalue weighted by Gasteiger charge is 2.32. The Labute approximate surface area is 180 Å². The van der Waals surface area contributed by atoms with Crippen molar-refractivity contribution in [3.63, 3.8) is 0 Å². The average Bonchev–Trinajstić information content (AvgIpc) is 2.75. The normalized spacial score (nSPS) is 14.9. The first-order valence-corrected chi connectivity index (χ1v) is 10.5. The summed E-state index contributed by atoms with van der Waals surface area (Å²) in [7, 11) is 0. The van der Waals surface area contributed by atoms with E-state index in [0.717, 1.165) is 36.3 Å². The SMILES string of the molecule is CCN(CC)CCn1cnc2c(c1=N)[C@@H](c1ccc(Cl)cc1)c1ccc(O)cc1O2. The van der Waals surface area contributed by atoms with E-state index in [2.05, 4.69) is 23.7 Å². The Kier molecular flexibility index (Phi) is 5.79. The van der Waals surface area contributed by atoms with Gasteiger partial charge >= 0.3 is 0 Å². The van der Waals surface area contributed by atoms with Crippen LogP contribution in [0.25, 0.3) is 0 Å². The topological polar surface area (TPSA) is 74.4 Å². The summed E-state index contributed by atoms with van der Waals surface area (Å²) < 4.78 is 7.87. The minimum absolute atomic E-state index is 0.128. The first-order valence-electron chi connectivity index (χ1n) is 10.1. The Morgan fingerprint density at radius 1 is 1.17 bits per heavy atom. The molecule has 7 heteroatoms. The standard InChI is InChI=1S/C23H25ClN4O2/c1-3-27(4-2)11-12-28-14-26-23-21(22(28)25)20(15-5-7-16(24)8-6-15)18-10-9-17(29)13-19(18)30-23/h5-10,13-14,20,25,29H,3-4,11-12H2,1-2H3/t20-/m0/s1. The van der Waals surface area contributed by atoms with Crippen LogP contribution in [0.4, 0.5) is 0 Å². The lowest BCUT2D eigenvalue weighted by atomic mass is 9.84. The van der Waals surface area contributed by atoms with E-state index in [4.69, 9.17) is 21.7 Å². The second-order valence-electron chi connectivity index (χ2n) is 7.34. The Hall–Kier alpha value is -2.83. The summed E-state index contributed by atoms with van der Waals surface area (Å²) in [6, 6.07) is 12.7. The largest absolute Gasteiger partial charge is 0.508 e. The van der Waals surface area contributed by atoms with Crippen LogP contribution in [-0.4, -0.2) is 39.2 Å². The number of aromatic nitrogens is 2. The van der Waals surface area contributed by atoms with E-state index in [9.17, 15) is 5.11 Å². The van der Waals surface area contributed by atoms with Crippen molar-refractivity contribution in [3.05, 3.63) is 76.0 Å². The second kappa shape index (κ2) is 8.50. The molecule has 1 atom stereocenters. The number of nitrogens with one attached hydrogen (secondary N) is 1. The van der Waals surface area contributed by atoms with Crippen molar-refractivity contribution in [1.29, 1.82) is 5.41 Å². The number of hydrogen-bond acceptors (Lipinski definition) is 5. The van der Waals surface area contributed by atoms with E-state index in [0.29, 0.717) is 28.7 Å². The van der Waals surface area contributed by atoms with Gasteiger partial charge in [0, 0.05) is 35.7 Å². The number of benzene rings is 2. The lowest BCUT2D eigenvalue weighted by Crippen LogP contribution is -2.34. The van der Waals surface area contributed by atoms with Gasteiger partial charge in [0.1, 0.15) is 23.3 Å². The van der Waals surface area contributed by atoms with Crippen molar-refractivity contribution in [2.75, 3.05) is 19.6 Å². The highest BCUT2D eigenvalue weighted by molar-refractivity contribution is 6.30. The van der Waals surface area contributed by atoms with Gasteiger partial charge in [-0.1, -0.05) is 43.6 Å². The second-order valence-corrected chi connectivity index (χ2v) is 7.78. The van der Waals surface area contributed by atoms with Crippen molar-refractivity contribution in [2.24, 2.45) is 0 Å². The first kappa shape index (κ1) is 20.4. The smallest absolute Gasteiger partial charge is 0.228 e. The summed E-state index contributed by atoms with van der Waals surface area (Å²) in [6.45, 7) is 7.74. The van der Waals surface area contributed by atoms with Crippen LogP contribution in [0.15, 0.2) is 48.8 Å². The Morgan fingerprint density at radius 3 is 2.60 bits per heavy atom. The summed E-state index contributed by atoms with van der Waals surface area (Å²) in [5.74, 6) is 0.846. The Morgan fingerprint density at radius 2 is 1.90 bits per heavy atom. The molecule has 0 fully saturated rings. The molecule has 0 spiro atoms. The summed E-state index contributed by atoms with van der Waals surface area (Å²) in [5.41, 5.74) is 2.98. The fourth-order valence-electron chi connectivity index (χ4n) is 3.92. The van der Waals surface area contributed by atoms with E-state index in [1.807, 2.05) is 34.9 Å². The predicted molar refractivity (Wildman–Crippen MR) is 116 cm³/mol. The molecule has 0 saturated heterocycles. The third kappa shape index (κ3) is 3.80. The summed E-state index contributed by atoms with van der Waals surface area (Å²) in [5, 5.41) is 19.5. The molecule has 0 radical (unpaired) electrons. The van der Waals surface area contributed by atoms with E-state index >= 15 is 0 Å². The molecule has 2 aromatic carbocycles. The summed E-state index contributed by atoms with van der Waals surface area (Å²) in [4.78, 5) is 6.84. The number of aromatic hydroxyl groups is 1. The van der Waals surface area contributed by atoms with Gasteiger partial charge in [-0.25, -0.2) is 4.98 Å². The van der Waals surface area contributed by atoms with Gasteiger partial charge in [0.05, 0.1) is 5.56 Å². The van der Waals surface area contributed by atoms with E-state index in [1.54, 1.807) is 18.5 Å². The van der Waals surface area contributed by atoms with E-state index in [1.165, 1.54) is 0 Å². The zero-order chi connectivity index (χ0) is 21.3. The van der Waals surface area contributed by atoms with Crippen LogP contribution in [0.5, 0.6) is 17.4 Å². The van der Waals surface area contributed by atoms with E-state index < -0.39 is 0 Å². The fourth-order valence-corrected chi connectivity index (χ4v) is 4.04. The highest BCUT2D eigenvalue weighted by Crippen LogP contribution is 2.46. The molecule has 0 saturated carbocycles. The van der Waals surface area contributed by atoms with Gasteiger partial charge in [-0.2, -0.15) is 0 Å². The molecule has 4 rings (SSSR count). The van der Waals surface area contributed by atoms with Crippen LogP contribution >= 0.6 is 11.6 Å². The van der Waals surface area contributed by atoms with Gasteiger partial charge in [0.25, 0.3) is 0 Å². The molecule has 156 valence electrons. The summed E-state index contributed by atoms with van der Waals surface area (Å²) >= 11 is 6.11. The molecule has 1 aromatic heterocycles. The number of ether oxygens (including phenoxy) is 1. The van der Waals surface area contributed by atoms with Crippen LogP contribution in [0.2, 0.25) is 5.02 Å². The Bertz CT molecular complexity index is 1110. The first-order chi connectivity index (χ1) is 14.5. The zero-order valence-corrected chi connectivity index (χ0v) is 17.9. The van der Waals surface area contributed by atoms with Crippen LogP contribution in [-0.2, 0) is 6.54 Å². The molecule has 1 aliphatic heterocycles. The molecule has 3 aromatic rings. The number of phenolic OH excluding ortho intramolecular Hbond substituents is 1. The van der Waals surface area contributed by atoms with Crippen LogP contribution in [0.1, 0.15) is 36.5 Å². The van der Waals surface area contributed by atoms with E-state index in [-0.39, 0.29) is 11.7 Å². The molecule has 0 aliphatic carbocycles. The van der Waals surface area contributed by atoms with Crippen molar-refractivity contribution in [2.45, 2.75) is 26.3 Å². The summed E-state index contributed by atoms with van der Waals surface area (Å²) in [6.07, 6.45) is 1.66. The molecule has 2 heterocycles. The van der Waals surface area contributed by atoms with Crippen LogP contribution in [0, 0.1) is 5.41 Å². The minimum atomic E-state index is -0.234. The lowest BCUT2D eigenvalue weighted by molar-refractivity contribution is 0.286. The third-order valence-electron chi connectivity index (χ3n) is 5.65. The number of phenols is 1. The van der Waals surface area contributed by atoms with Crippen molar-refractivity contribution in [3.8, 4) is 17.4 Å². The number of rotatable bonds is 6. The van der Waals surface area contributed by atoms with Crippen LogP contribution in [0.3, 0.4) is 0 Å². The van der Waals surface area contributed by atoms with Gasteiger partial charge in [-0.05, 0) is 36.9 Å². The molecule has 2 N–H and O–H groups in total. The predicted octanol–water partition coefficient (Wildman–Crippen LogP) is 4.35. The number of halogens is 1. The van der Waals surface area contributed by atoms with Gasteiger partial charge in [0.2, 0.25) is 5.88 Å². The molecular formula is C23H25ClN4O2. The lowest BCUT2D eigenvalue weighted by Gasteiger charge is -2.29. The van der Waals surface area contributed by atoms with Crippen molar-refractivity contribution < 1.29 is 9.84 Å². The average molecular weight is 425 g/mol. The number of fused-ring (bicyclic) bond motifs is 2. The molecule has 30 heavy (non-hydrogen) atoms. The molecular weight excluding hydrogens is 400 g/mol. The number of hydrogen-bond donors (Lipinski definition) is 2. The van der Waals surface area contributed by atoms with Crippen LogP contribution < -0.4 is 10.2 Å². The Balaban J connectivity index is 1.83. The van der Waals surface area contributed by atoms with Gasteiger partial charge < -0.3 is 19.3 Å². The third-order valence-corrected chi connectivity index (χ3v) is 5.90. The number of nitrogens with zero attached hydrogens (tertiary/aromatic N) is 3. The molecule has 0 bridgehead atoms. The molecule has 6 nitrogen and oxygen atoms in total. The quantitative estimate of drug-likeness (QED) is 0.482. The molecule has 0 unspecified atom stereocenters. The minimum Gasteiger partial charge on any atom is -0.508 e. The van der Waals surface area contributed by atoms with Crippen molar-refractivity contribution >= 4 is 11.6 Å². The molecule has 1 aliphatic rings. The fraction of sp³-hybridized carbons (Fsp3) is 0.304. The van der Waals surface area contributed by atoms with Gasteiger partial charge in [0.15, 0.2) is 0 Å². The monoisotopic (exact) mass is 424 g/mol. The maximum Gasteiger partial charge on any atom is 0.228 e. The highest BCUT2D eigenvalue weighted by atomic mass is 35.5. The maximum absolute atomic E-state index is 9.93. The maximum atomic E-state index is 9.93. The number of likely N-dealkylation sites (N-methyl/N-ethyl adjacent to an activating group) is 1. The van der Waals surface area contributed by atoms with Gasteiger partial charge in [-0.3, -0.25) is 5.41 Å². The van der Waals surface area contributed by atoms with Gasteiger partial charge in [-0.15, -0.1) is 0 Å². The zero-order valence-electron chi connectivity index (χ0n) is 17.1.